The zero-order valence-corrected chi connectivity index (χ0v) is 14.8. The van der Waals surface area contributed by atoms with Crippen molar-refractivity contribution in [1.82, 2.24) is 0 Å². The lowest BCUT2D eigenvalue weighted by Crippen LogP contribution is -1.97. The van der Waals surface area contributed by atoms with Crippen LogP contribution in [0.25, 0.3) is 0 Å². The average molecular weight is 412 g/mol. The van der Waals surface area contributed by atoms with E-state index in [-0.39, 0.29) is 0 Å². The molecule has 4 heteroatoms. The molecular formula is C17H17IO2S. The Morgan fingerprint density at radius 3 is 2.29 bits per heavy atom. The quantitative estimate of drug-likeness (QED) is 0.669. The van der Waals surface area contributed by atoms with Gasteiger partial charge in [-0.3, -0.25) is 0 Å². The number of hydrogen-bond donors (Lipinski definition) is 0. The molecule has 0 saturated heterocycles. The van der Waals surface area contributed by atoms with E-state index >= 15 is 0 Å². The highest BCUT2D eigenvalue weighted by Gasteiger charge is 2.11. The third kappa shape index (κ3) is 4.97. The van der Waals surface area contributed by atoms with Crippen molar-refractivity contribution >= 4 is 32.4 Å². The summed E-state index contributed by atoms with van der Waals surface area (Å²) >= 11 is 2.11. The molecule has 0 N–H and O–H groups in total. The van der Waals surface area contributed by atoms with Crippen molar-refractivity contribution in [2.45, 2.75) is 24.7 Å². The van der Waals surface area contributed by atoms with Crippen LogP contribution in [0.3, 0.4) is 0 Å². The van der Waals surface area contributed by atoms with Crippen LogP contribution in [0.1, 0.15) is 17.5 Å². The Kier molecular flexibility index (Phi) is 5.58. The maximum Gasteiger partial charge on any atom is 0.200 e. The first-order valence-electron chi connectivity index (χ1n) is 6.69. The van der Waals surface area contributed by atoms with Gasteiger partial charge in [-0.15, -0.1) is 0 Å². The fourth-order valence-electron chi connectivity index (χ4n) is 1.93. The molecule has 0 atom stereocenters. The minimum atomic E-state index is -3.35. The number of sulfone groups is 1. The summed E-state index contributed by atoms with van der Waals surface area (Å²) in [5.74, 6) is 0. The van der Waals surface area contributed by atoms with E-state index in [1.165, 1.54) is 11.0 Å². The van der Waals surface area contributed by atoms with Gasteiger partial charge in [-0.05, 0) is 60.1 Å². The van der Waals surface area contributed by atoms with Crippen LogP contribution in [0, 0.1) is 6.92 Å². The fourth-order valence-corrected chi connectivity index (χ4v) is 4.31. The highest BCUT2D eigenvalue weighted by molar-refractivity contribution is 14.1. The largest absolute Gasteiger partial charge is 0.219 e. The van der Waals surface area contributed by atoms with Crippen LogP contribution in [0.5, 0.6) is 0 Å². The molecule has 0 aliphatic carbocycles. The molecule has 0 unspecified atom stereocenters. The monoisotopic (exact) mass is 412 g/mol. The van der Waals surface area contributed by atoms with Crippen LogP contribution in [0.15, 0.2) is 68.5 Å². The molecular weight excluding hydrogens is 395 g/mol. The molecule has 2 aromatic rings. The van der Waals surface area contributed by atoms with Gasteiger partial charge in [-0.25, -0.2) is 8.42 Å². The van der Waals surface area contributed by atoms with Gasteiger partial charge in [-0.2, -0.15) is 0 Å². The van der Waals surface area contributed by atoms with Crippen LogP contribution in [0.2, 0.25) is 0 Å². The lowest BCUT2D eigenvalue weighted by molar-refractivity contribution is 0.604. The molecule has 2 nitrogen and oxygen atoms in total. The molecule has 2 rings (SSSR count). The van der Waals surface area contributed by atoms with Gasteiger partial charge in [0.1, 0.15) is 0 Å². The Morgan fingerprint density at radius 1 is 1.05 bits per heavy atom. The molecule has 0 aliphatic rings. The summed E-state index contributed by atoms with van der Waals surface area (Å²) in [4.78, 5) is 0.349. The number of allylic oxidation sites excluding steroid dienone is 1. The highest BCUT2D eigenvalue weighted by atomic mass is 127. The summed E-state index contributed by atoms with van der Waals surface area (Å²) < 4.78 is 25.4. The van der Waals surface area contributed by atoms with E-state index in [2.05, 4.69) is 34.7 Å². The molecule has 110 valence electrons. The van der Waals surface area contributed by atoms with Crippen LogP contribution >= 0.6 is 22.6 Å². The Labute approximate surface area is 140 Å². The van der Waals surface area contributed by atoms with E-state index in [1.807, 2.05) is 37.3 Å². The predicted molar refractivity (Wildman–Crippen MR) is 95.2 cm³/mol. The zero-order valence-electron chi connectivity index (χ0n) is 11.8. The topological polar surface area (TPSA) is 34.1 Å². The molecule has 0 radical (unpaired) electrons. The number of rotatable bonds is 5. The smallest absolute Gasteiger partial charge is 0.200 e. The first kappa shape index (κ1) is 16.2. The second-order valence-corrected chi connectivity index (χ2v) is 8.09. The lowest BCUT2D eigenvalue weighted by atomic mass is 10.1. The van der Waals surface area contributed by atoms with Gasteiger partial charge in [0.2, 0.25) is 9.84 Å². The molecule has 0 aromatic heterocycles. The van der Waals surface area contributed by atoms with E-state index in [1.54, 1.807) is 12.1 Å². The summed E-state index contributed by atoms with van der Waals surface area (Å²) in [6, 6.07) is 17.0. The maximum atomic E-state index is 12.3. The molecule has 2 aromatic carbocycles. The van der Waals surface area contributed by atoms with Gasteiger partial charge < -0.3 is 0 Å². The Balaban J connectivity index is 2.08. The minimum Gasteiger partial charge on any atom is -0.219 e. The molecule has 0 aliphatic heterocycles. The predicted octanol–water partition coefficient (Wildman–Crippen LogP) is 4.68. The summed E-state index contributed by atoms with van der Waals surface area (Å²) in [6.07, 6.45) is 1.58. The second-order valence-electron chi connectivity index (χ2n) is 4.91. The van der Waals surface area contributed by atoms with Crippen LogP contribution in [0.4, 0.5) is 0 Å². The van der Waals surface area contributed by atoms with E-state index in [0.29, 0.717) is 4.90 Å². The van der Waals surface area contributed by atoms with Gasteiger partial charge >= 0.3 is 0 Å². The fraction of sp³-hybridized carbons (Fsp3) is 0.176. The lowest BCUT2D eigenvalue weighted by Gasteiger charge is -2.03. The van der Waals surface area contributed by atoms with Crippen molar-refractivity contribution < 1.29 is 8.42 Å². The van der Waals surface area contributed by atoms with Crippen molar-refractivity contribution in [3.63, 3.8) is 0 Å². The van der Waals surface area contributed by atoms with E-state index in [9.17, 15) is 8.42 Å². The van der Waals surface area contributed by atoms with Crippen LogP contribution in [-0.4, -0.2) is 8.42 Å². The van der Waals surface area contributed by atoms with Gasteiger partial charge in [0.05, 0.1) is 4.90 Å². The molecule has 0 amide bonds. The summed E-state index contributed by atoms with van der Waals surface area (Å²) in [7, 11) is -3.35. The Hall–Kier alpha value is -1.14. The average Bonchev–Trinajstić information content (AvgIpc) is 2.46. The first-order chi connectivity index (χ1) is 9.97. The Morgan fingerprint density at radius 2 is 1.67 bits per heavy atom. The normalized spacial score (nSPS) is 12.4. The van der Waals surface area contributed by atoms with Gasteiger partial charge in [0, 0.05) is 8.99 Å². The highest BCUT2D eigenvalue weighted by Crippen LogP contribution is 2.21. The Bertz CT molecular complexity index is 717. The second kappa shape index (κ2) is 7.22. The first-order valence-corrected chi connectivity index (χ1v) is 9.32. The van der Waals surface area contributed by atoms with E-state index in [4.69, 9.17) is 0 Å². The SMILES string of the molecule is Cc1ccc(S(=O)(=O)/C=C(/I)CCc2ccccc2)cc1. The number of aryl methyl sites for hydroxylation is 2. The molecule has 21 heavy (non-hydrogen) atoms. The van der Waals surface area contributed by atoms with Crippen molar-refractivity contribution in [2.75, 3.05) is 0 Å². The number of halogens is 1. The summed E-state index contributed by atoms with van der Waals surface area (Å²) in [5.41, 5.74) is 2.27. The molecule has 0 saturated carbocycles. The molecule has 0 fully saturated rings. The van der Waals surface area contributed by atoms with Crippen molar-refractivity contribution in [3.8, 4) is 0 Å². The third-order valence-corrected chi connectivity index (χ3v) is 5.93. The van der Waals surface area contributed by atoms with Crippen LogP contribution < -0.4 is 0 Å². The number of hydrogen-bond acceptors (Lipinski definition) is 2. The molecule has 0 heterocycles. The van der Waals surface area contributed by atoms with Gasteiger partial charge in [0.25, 0.3) is 0 Å². The third-order valence-electron chi connectivity index (χ3n) is 3.13. The van der Waals surface area contributed by atoms with Crippen molar-refractivity contribution in [2.24, 2.45) is 0 Å². The summed E-state index contributed by atoms with van der Waals surface area (Å²) in [5, 5.41) is 1.38. The van der Waals surface area contributed by atoms with E-state index < -0.39 is 9.84 Å². The van der Waals surface area contributed by atoms with Crippen LogP contribution in [-0.2, 0) is 16.3 Å². The van der Waals surface area contributed by atoms with Crippen molar-refractivity contribution in [1.29, 1.82) is 0 Å². The zero-order chi connectivity index (χ0) is 15.3. The molecule has 0 spiro atoms. The molecule has 0 bridgehead atoms. The standard InChI is InChI=1S/C17H17IO2S/c1-14-7-11-17(12-8-14)21(19,20)13-16(18)10-9-15-5-3-2-4-6-15/h2-8,11-13H,9-10H2,1H3/b16-13+. The minimum absolute atomic E-state index is 0.349. The maximum absolute atomic E-state index is 12.3. The number of benzene rings is 2. The van der Waals surface area contributed by atoms with Gasteiger partial charge in [-0.1, -0.05) is 48.0 Å². The van der Waals surface area contributed by atoms with Gasteiger partial charge in [0.15, 0.2) is 0 Å². The van der Waals surface area contributed by atoms with Crippen molar-refractivity contribution in [3.05, 3.63) is 74.7 Å². The van der Waals surface area contributed by atoms with E-state index in [0.717, 1.165) is 22.0 Å². The summed E-state index contributed by atoms with van der Waals surface area (Å²) in [6.45, 7) is 1.94.